The highest BCUT2D eigenvalue weighted by atomic mass is 19.1. The maximum Gasteiger partial charge on any atom is 0.132 e. The predicted molar refractivity (Wildman–Crippen MR) is 65.1 cm³/mol. The standard InChI is InChI=1S/C13H17FN2/c1-15-8-4-5-10-9-11-12(14)6-3-7-13(11)16(10)2/h3,6-7,9,15H,4-5,8H2,1-2H3. The Morgan fingerprint density at radius 3 is 2.88 bits per heavy atom. The van der Waals surface area contributed by atoms with Crippen LogP contribution in [0.3, 0.4) is 0 Å². The number of aryl methyl sites for hydroxylation is 2. The molecule has 0 saturated heterocycles. The van der Waals surface area contributed by atoms with Crippen LogP contribution >= 0.6 is 0 Å². The van der Waals surface area contributed by atoms with E-state index < -0.39 is 0 Å². The number of aromatic nitrogens is 1. The van der Waals surface area contributed by atoms with Crippen molar-refractivity contribution in [1.29, 1.82) is 0 Å². The summed E-state index contributed by atoms with van der Waals surface area (Å²) in [6, 6.07) is 7.19. The number of nitrogens with zero attached hydrogens (tertiary/aromatic N) is 1. The highest BCUT2D eigenvalue weighted by Crippen LogP contribution is 2.22. The smallest absolute Gasteiger partial charge is 0.132 e. The molecule has 2 rings (SSSR count). The van der Waals surface area contributed by atoms with Crippen molar-refractivity contribution < 1.29 is 4.39 Å². The van der Waals surface area contributed by atoms with Gasteiger partial charge in [0.2, 0.25) is 0 Å². The van der Waals surface area contributed by atoms with Gasteiger partial charge in [-0.05, 0) is 44.6 Å². The van der Waals surface area contributed by atoms with Gasteiger partial charge in [0.15, 0.2) is 0 Å². The van der Waals surface area contributed by atoms with E-state index in [1.807, 2.05) is 26.2 Å². The molecule has 0 unspecified atom stereocenters. The van der Waals surface area contributed by atoms with Gasteiger partial charge in [-0.1, -0.05) is 6.07 Å². The third-order valence-electron chi connectivity index (χ3n) is 2.99. The minimum Gasteiger partial charge on any atom is -0.348 e. The van der Waals surface area contributed by atoms with Crippen LogP contribution in [0.25, 0.3) is 10.9 Å². The number of hydrogen-bond donors (Lipinski definition) is 1. The molecule has 0 saturated carbocycles. The summed E-state index contributed by atoms with van der Waals surface area (Å²) in [6.45, 7) is 0.990. The van der Waals surface area contributed by atoms with E-state index >= 15 is 0 Å². The van der Waals surface area contributed by atoms with Crippen LogP contribution in [0.15, 0.2) is 24.3 Å². The van der Waals surface area contributed by atoms with E-state index in [0.717, 1.165) is 30.3 Å². The summed E-state index contributed by atoms with van der Waals surface area (Å²) in [4.78, 5) is 0. The zero-order valence-electron chi connectivity index (χ0n) is 9.76. The molecule has 0 fully saturated rings. The monoisotopic (exact) mass is 220 g/mol. The molecule has 86 valence electrons. The third kappa shape index (κ3) is 1.95. The summed E-state index contributed by atoms with van der Waals surface area (Å²) in [5.74, 6) is -0.132. The molecular formula is C13H17FN2. The number of benzene rings is 1. The van der Waals surface area contributed by atoms with Gasteiger partial charge in [-0.25, -0.2) is 4.39 Å². The lowest BCUT2D eigenvalue weighted by Crippen LogP contribution is -2.09. The molecule has 0 atom stereocenters. The minimum atomic E-state index is -0.132. The first-order valence-electron chi connectivity index (χ1n) is 5.61. The summed E-state index contributed by atoms with van der Waals surface area (Å²) in [7, 11) is 3.94. The molecular weight excluding hydrogens is 203 g/mol. The summed E-state index contributed by atoms with van der Waals surface area (Å²) in [6.07, 6.45) is 2.05. The van der Waals surface area contributed by atoms with Crippen molar-refractivity contribution in [1.82, 2.24) is 9.88 Å². The molecule has 1 aromatic heterocycles. The van der Waals surface area contributed by atoms with E-state index in [4.69, 9.17) is 0 Å². The maximum atomic E-state index is 13.5. The van der Waals surface area contributed by atoms with Crippen LogP contribution < -0.4 is 5.32 Å². The normalized spacial score (nSPS) is 11.2. The SMILES string of the molecule is CNCCCc1cc2c(F)cccc2n1C. The van der Waals surface area contributed by atoms with E-state index in [1.165, 1.54) is 11.8 Å². The average molecular weight is 220 g/mol. The Kier molecular flexibility index (Phi) is 3.25. The Morgan fingerprint density at radius 2 is 2.19 bits per heavy atom. The summed E-state index contributed by atoms with van der Waals surface area (Å²) >= 11 is 0. The van der Waals surface area contributed by atoms with Gasteiger partial charge in [-0.15, -0.1) is 0 Å². The number of fused-ring (bicyclic) bond motifs is 1. The number of rotatable bonds is 4. The Bertz CT molecular complexity index is 488. The van der Waals surface area contributed by atoms with E-state index in [-0.39, 0.29) is 5.82 Å². The lowest BCUT2D eigenvalue weighted by molar-refractivity contribution is 0.640. The molecule has 0 aliphatic carbocycles. The highest BCUT2D eigenvalue weighted by molar-refractivity contribution is 5.81. The van der Waals surface area contributed by atoms with Crippen molar-refractivity contribution in [2.45, 2.75) is 12.8 Å². The lowest BCUT2D eigenvalue weighted by Gasteiger charge is -2.03. The Hall–Kier alpha value is -1.35. The summed E-state index contributed by atoms with van der Waals surface area (Å²) in [5, 5.41) is 3.85. The Labute approximate surface area is 95.1 Å². The molecule has 0 aliphatic rings. The third-order valence-corrected chi connectivity index (χ3v) is 2.99. The average Bonchev–Trinajstić information content (AvgIpc) is 2.59. The van der Waals surface area contributed by atoms with Gasteiger partial charge in [0, 0.05) is 18.1 Å². The van der Waals surface area contributed by atoms with Gasteiger partial charge < -0.3 is 9.88 Å². The molecule has 1 aromatic carbocycles. The van der Waals surface area contributed by atoms with Crippen LogP contribution in [-0.2, 0) is 13.5 Å². The molecule has 0 amide bonds. The number of hydrogen-bond acceptors (Lipinski definition) is 1. The first-order valence-corrected chi connectivity index (χ1v) is 5.61. The van der Waals surface area contributed by atoms with Gasteiger partial charge in [-0.2, -0.15) is 0 Å². The quantitative estimate of drug-likeness (QED) is 0.783. The second kappa shape index (κ2) is 4.66. The van der Waals surface area contributed by atoms with Gasteiger partial charge in [0.25, 0.3) is 0 Å². The van der Waals surface area contributed by atoms with Crippen molar-refractivity contribution in [2.24, 2.45) is 7.05 Å². The Morgan fingerprint density at radius 1 is 1.38 bits per heavy atom. The summed E-state index contributed by atoms with van der Waals surface area (Å²) < 4.78 is 15.6. The topological polar surface area (TPSA) is 17.0 Å². The molecule has 0 spiro atoms. The van der Waals surface area contributed by atoms with Crippen molar-refractivity contribution >= 4 is 10.9 Å². The molecule has 2 nitrogen and oxygen atoms in total. The minimum absolute atomic E-state index is 0.132. The fraction of sp³-hybridized carbons (Fsp3) is 0.385. The molecule has 0 radical (unpaired) electrons. The molecule has 1 N–H and O–H groups in total. The van der Waals surface area contributed by atoms with Crippen LogP contribution in [0.5, 0.6) is 0 Å². The van der Waals surface area contributed by atoms with E-state index in [9.17, 15) is 4.39 Å². The van der Waals surface area contributed by atoms with Crippen LogP contribution in [0.4, 0.5) is 4.39 Å². The van der Waals surface area contributed by atoms with Crippen molar-refractivity contribution in [3.63, 3.8) is 0 Å². The van der Waals surface area contributed by atoms with Crippen LogP contribution in [0.1, 0.15) is 12.1 Å². The lowest BCUT2D eigenvalue weighted by atomic mass is 10.2. The van der Waals surface area contributed by atoms with Crippen molar-refractivity contribution in [3.8, 4) is 0 Å². The number of nitrogens with one attached hydrogen (secondary N) is 1. The summed E-state index contributed by atoms with van der Waals surface area (Å²) in [5.41, 5.74) is 2.16. The van der Waals surface area contributed by atoms with Gasteiger partial charge in [0.1, 0.15) is 5.82 Å². The molecule has 1 heterocycles. The molecule has 0 bridgehead atoms. The van der Waals surface area contributed by atoms with E-state index in [1.54, 1.807) is 6.07 Å². The zero-order chi connectivity index (χ0) is 11.5. The Balaban J connectivity index is 2.33. The van der Waals surface area contributed by atoms with E-state index in [2.05, 4.69) is 9.88 Å². The van der Waals surface area contributed by atoms with Crippen LogP contribution in [0.2, 0.25) is 0 Å². The molecule has 16 heavy (non-hydrogen) atoms. The fourth-order valence-corrected chi connectivity index (χ4v) is 2.07. The first kappa shape index (κ1) is 11.1. The predicted octanol–water partition coefficient (Wildman–Crippen LogP) is 2.47. The number of halogens is 1. The molecule has 2 aromatic rings. The van der Waals surface area contributed by atoms with Gasteiger partial charge in [0.05, 0.1) is 5.52 Å². The first-order chi connectivity index (χ1) is 7.74. The van der Waals surface area contributed by atoms with Crippen LogP contribution in [-0.4, -0.2) is 18.2 Å². The second-order valence-corrected chi connectivity index (χ2v) is 4.07. The second-order valence-electron chi connectivity index (χ2n) is 4.07. The maximum absolute atomic E-state index is 13.5. The van der Waals surface area contributed by atoms with Gasteiger partial charge in [-0.3, -0.25) is 0 Å². The highest BCUT2D eigenvalue weighted by Gasteiger charge is 2.08. The fourth-order valence-electron chi connectivity index (χ4n) is 2.07. The van der Waals surface area contributed by atoms with Crippen molar-refractivity contribution in [2.75, 3.05) is 13.6 Å². The van der Waals surface area contributed by atoms with Gasteiger partial charge >= 0.3 is 0 Å². The molecule has 3 heteroatoms. The largest absolute Gasteiger partial charge is 0.348 e. The zero-order valence-corrected chi connectivity index (χ0v) is 9.76. The van der Waals surface area contributed by atoms with Crippen molar-refractivity contribution in [3.05, 3.63) is 35.8 Å². The van der Waals surface area contributed by atoms with Crippen LogP contribution in [0, 0.1) is 5.82 Å². The molecule has 0 aliphatic heterocycles. The van der Waals surface area contributed by atoms with E-state index in [0.29, 0.717) is 0 Å².